The highest BCUT2D eigenvalue weighted by Crippen LogP contribution is 2.26. The summed E-state index contributed by atoms with van der Waals surface area (Å²) in [6.07, 6.45) is 1.39. The fourth-order valence-electron chi connectivity index (χ4n) is 1.72. The molecule has 1 heterocycles. The van der Waals surface area contributed by atoms with Crippen LogP contribution in [0.5, 0.6) is 0 Å². The summed E-state index contributed by atoms with van der Waals surface area (Å²) in [7, 11) is 0. The predicted molar refractivity (Wildman–Crippen MR) is 73.3 cm³/mol. The van der Waals surface area contributed by atoms with E-state index < -0.39 is 5.97 Å². The zero-order valence-electron chi connectivity index (χ0n) is 11.4. The van der Waals surface area contributed by atoms with Gasteiger partial charge in [0.2, 0.25) is 0 Å². The van der Waals surface area contributed by atoms with Crippen LogP contribution in [0.2, 0.25) is 0 Å². The van der Waals surface area contributed by atoms with Gasteiger partial charge in [-0.3, -0.25) is 0 Å². The normalized spacial score (nSPS) is 10.9. The molecule has 0 aromatic carbocycles. The van der Waals surface area contributed by atoms with Crippen LogP contribution in [0.15, 0.2) is 5.03 Å². The Morgan fingerprint density at radius 1 is 1.28 bits per heavy atom. The van der Waals surface area contributed by atoms with E-state index in [9.17, 15) is 9.90 Å². The van der Waals surface area contributed by atoms with Crippen LogP contribution in [0.3, 0.4) is 0 Å². The van der Waals surface area contributed by atoms with Crippen LogP contribution in [0.25, 0.3) is 0 Å². The standard InChI is InChI=1S/C13H20N2O2S/c1-5-9-10(6-2)14-15-12(11(9)13(16)17)18-7-8(3)4/h8H,5-7H2,1-4H3,(H,16,17). The number of carboxylic acid groups (broad SMARTS) is 1. The van der Waals surface area contributed by atoms with Crippen LogP contribution in [0.4, 0.5) is 0 Å². The average Bonchev–Trinajstić information content (AvgIpc) is 2.34. The molecule has 0 saturated heterocycles. The van der Waals surface area contributed by atoms with Gasteiger partial charge in [0.05, 0.1) is 11.3 Å². The maximum atomic E-state index is 11.4. The molecule has 0 radical (unpaired) electrons. The highest BCUT2D eigenvalue weighted by atomic mass is 32.2. The van der Waals surface area contributed by atoms with Crippen LogP contribution >= 0.6 is 11.8 Å². The number of aryl methyl sites for hydroxylation is 1. The topological polar surface area (TPSA) is 63.1 Å². The minimum atomic E-state index is -0.900. The molecule has 0 bridgehead atoms. The zero-order chi connectivity index (χ0) is 13.7. The van der Waals surface area contributed by atoms with E-state index in [1.54, 1.807) is 0 Å². The van der Waals surface area contributed by atoms with E-state index in [4.69, 9.17) is 0 Å². The molecule has 100 valence electrons. The van der Waals surface area contributed by atoms with Crippen molar-refractivity contribution in [1.29, 1.82) is 0 Å². The summed E-state index contributed by atoms with van der Waals surface area (Å²) < 4.78 is 0. The number of nitrogens with zero attached hydrogens (tertiary/aromatic N) is 2. The Bertz CT molecular complexity index is 433. The Morgan fingerprint density at radius 3 is 2.39 bits per heavy atom. The first kappa shape index (κ1) is 15.0. The molecule has 4 nitrogen and oxygen atoms in total. The summed E-state index contributed by atoms with van der Waals surface area (Å²) >= 11 is 1.48. The third-order valence-electron chi connectivity index (χ3n) is 2.58. The van der Waals surface area contributed by atoms with Crippen LogP contribution < -0.4 is 0 Å². The van der Waals surface area contributed by atoms with Gasteiger partial charge in [-0.1, -0.05) is 27.7 Å². The first-order chi connectivity index (χ1) is 8.51. The lowest BCUT2D eigenvalue weighted by atomic mass is 10.0. The molecule has 1 aromatic heterocycles. The fraction of sp³-hybridized carbons (Fsp3) is 0.615. The van der Waals surface area contributed by atoms with Crippen molar-refractivity contribution in [2.24, 2.45) is 5.92 Å². The van der Waals surface area contributed by atoms with Crippen molar-refractivity contribution in [3.05, 3.63) is 16.8 Å². The molecule has 1 rings (SSSR count). The maximum absolute atomic E-state index is 11.4. The summed E-state index contributed by atoms with van der Waals surface area (Å²) in [4.78, 5) is 11.4. The highest BCUT2D eigenvalue weighted by molar-refractivity contribution is 7.99. The van der Waals surface area contributed by atoms with Crippen LogP contribution in [-0.4, -0.2) is 27.0 Å². The lowest BCUT2D eigenvalue weighted by Crippen LogP contribution is -2.12. The van der Waals surface area contributed by atoms with E-state index in [0.717, 1.165) is 17.0 Å². The first-order valence-corrected chi connectivity index (χ1v) is 7.24. The van der Waals surface area contributed by atoms with Crippen molar-refractivity contribution in [3.63, 3.8) is 0 Å². The van der Waals surface area contributed by atoms with Gasteiger partial charge >= 0.3 is 5.97 Å². The lowest BCUT2D eigenvalue weighted by molar-refractivity contribution is 0.0690. The fourth-order valence-corrected chi connectivity index (χ4v) is 2.67. The monoisotopic (exact) mass is 268 g/mol. The van der Waals surface area contributed by atoms with Gasteiger partial charge in [0.15, 0.2) is 0 Å². The molecule has 1 N–H and O–H groups in total. The van der Waals surface area contributed by atoms with Gasteiger partial charge in [-0.25, -0.2) is 4.79 Å². The second-order valence-electron chi connectivity index (χ2n) is 4.52. The quantitative estimate of drug-likeness (QED) is 0.803. The van der Waals surface area contributed by atoms with Crippen molar-refractivity contribution < 1.29 is 9.90 Å². The number of carboxylic acids is 1. The van der Waals surface area contributed by atoms with Gasteiger partial charge in [0.25, 0.3) is 0 Å². The van der Waals surface area contributed by atoms with Crippen LogP contribution in [0, 0.1) is 5.92 Å². The predicted octanol–water partition coefficient (Wildman–Crippen LogP) is 3.05. The molecule has 0 atom stereocenters. The molecule has 18 heavy (non-hydrogen) atoms. The van der Waals surface area contributed by atoms with Crippen LogP contribution in [-0.2, 0) is 12.8 Å². The minimum absolute atomic E-state index is 0.343. The lowest BCUT2D eigenvalue weighted by Gasteiger charge is -2.12. The van der Waals surface area contributed by atoms with E-state index >= 15 is 0 Å². The molecule has 5 heteroatoms. The second-order valence-corrected chi connectivity index (χ2v) is 5.53. The molecule has 0 fully saturated rings. The second kappa shape index (κ2) is 6.73. The van der Waals surface area contributed by atoms with Gasteiger partial charge in [-0.2, -0.15) is 5.10 Å². The third kappa shape index (κ3) is 3.45. The summed E-state index contributed by atoms with van der Waals surface area (Å²) in [5.74, 6) is 0.445. The zero-order valence-corrected chi connectivity index (χ0v) is 12.2. The molecule has 0 aliphatic heterocycles. The van der Waals surface area contributed by atoms with Crippen LogP contribution in [0.1, 0.15) is 49.3 Å². The SMILES string of the molecule is CCc1nnc(SCC(C)C)c(C(=O)O)c1CC. The molecular formula is C13H20N2O2S. The Balaban J connectivity index is 3.21. The average molecular weight is 268 g/mol. The Kier molecular flexibility index (Phi) is 5.59. The van der Waals surface area contributed by atoms with Gasteiger partial charge in [0, 0.05) is 5.75 Å². The van der Waals surface area contributed by atoms with Crippen molar-refractivity contribution in [2.45, 2.75) is 45.6 Å². The summed E-state index contributed by atoms with van der Waals surface area (Å²) in [5, 5.41) is 18.2. The minimum Gasteiger partial charge on any atom is -0.478 e. The number of aromatic nitrogens is 2. The van der Waals surface area contributed by atoms with Crippen molar-refractivity contribution >= 4 is 17.7 Å². The first-order valence-electron chi connectivity index (χ1n) is 6.25. The highest BCUT2D eigenvalue weighted by Gasteiger charge is 2.20. The molecule has 0 amide bonds. The third-order valence-corrected chi connectivity index (χ3v) is 3.97. The van der Waals surface area contributed by atoms with Crippen molar-refractivity contribution in [1.82, 2.24) is 10.2 Å². The van der Waals surface area contributed by atoms with Crippen molar-refractivity contribution in [3.8, 4) is 0 Å². The van der Waals surface area contributed by atoms with Gasteiger partial charge in [0.1, 0.15) is 5.03 Å². The van der Waals surface area contributed by atoms with Crippen molar-refractivity contribution in [2.75, 3.05) is 5.75 Å². The molecule has 0 unspecified atom stereocenters. The largest absolute Gasteiger partial charge is 0.478 e. The number of rotatable bonds is 6. The smallest absolute Gasteiger partial charge is 0.338 e. The van der Waals surface area contributed by atoms with Gasteiger partial charge in [-0.05, 0) is 24.3 Å². The Hall–Kier alpha value is -1.10. The molecule has 0 aliphatic carbocycles. The molecule has 0 spiro atoms. The van der Waals surface area contributed by atoms with E-state index in [-0.39, 0.29) is 0 Å². The van der Waals surface area contributed by atoms with Gasteiger partial charge in [-0.15, -0.1) is 16.9 Å². The van der Waals surface area contributed by atoms with E-state index in [2.05, 4.69) is 24.0 Å². The summed E-state index contributed by atoms with van der Waals surface area (Å²) in [6.45, 7) is 8.12. The maximum Gasteiger partial charge on any atom is 0.338 e. The number of hydrogen-bond donors (Lipinski definition) is 1. The summed E-state index contributed by atoms with van der Waals surface area (Å²) in [6, 6.07) is 0. The van der Waals surface area contributed by atoms with E-state index in [0.29, 0.717) is 29.3 Å². The number of thioether (sulfide) groups is 1. The molecule has 0 saturated carbocycles. The number of aromatic carboxylic acids is 1. The van der Waals surface area contributed by atoms with E-state index in [1.807, 2.05) is 13.8 Å². The Labute approximate surface area is 112 Å². The summed E-state index contributed by atoms with van der Waals surface area (Å²) in [5.41, 5.74) is 1.96. The number of carbonyl (C=O) groups is 1. The molecular weight excluding hydrogens is 248 g/mol. The van der Waals surface area contributed by atoms with E-state index in [1.165, 1.54) is 11.8 Å². The molecule has 0 aliphatic rings. The van der Waals surface area contributed by atoms with Gasteiger partial charge < -0.3 is 5.11 Å². The molecule has 1 aromatic rings. The number of hydrogen-bond acceptors (Lipinski definition) is 4. The Morgan fingerprint density at radius 2 is 1.94 bits per heavy atom.